The number of phenolic OH excluding ortho intramolecular Hbond substituents is 1. The standard InChI is InChI=1S/C30H26N4O4/c1-17(2)38-21-9-7-18(8-10-21)29(36)32-20-13-19-14-25(33-28(19)31-16-20)30(37)34-12-11-23-22-5-3-4-6-24(22)27(35)15-26(23)34/h3-10,13-17,35H,11-12H2,1-2H3,(H,31,33)(H,32,36). The lowest BCUT2D eigenvalue weighted by molar-refractivity contribution is 0.0983. The first-order chi connectivity index (χ1) is 18.4. The van der Waals surface area contributed by atoms with Crippen LogP contribution >= 0.6 is 0 Å². The number of aromatic hydroxyl groups is 1. The molecule has 8 heteroatoms. The van der Waals surface area contributed by atoms with Gasteiger partial charge in [0.2, 0.25) is 0 Å². The third-order valence-corrected chi connectivity index (χ3v) is 6.68. The Morgan fingerprint density at radius 3 is 2.58 bits per heavy atom. The normalized spacial score (nSPS) is 12.8. The van der Waals surface area contributed by atoms with E-state index in [1.807, 2.05) is 38.1 Å². The summed E-state index contributed by atoms with van der Waals surface area (Å²) < 4.78 is 5.63. The molecule has 0 radical (unpaired) electrons. The maximum Gasteiger partial charge on any atom is 0.274 e. The number of ether oxygens (including phenoxy) is 1. The van der Waals surface area contributed by atoms with Crippen LogP contribution in [0.5, 0.6) is 11.5 Å². The van der Waals surface area contributed by atoms with Crippen LogP contribution in [-0.4, -0.2) is 39.5 Å². The van der Waals surface area contributed by atoms with Crippen LogP contribution in [0.2, 0.25) is 0 Å². The zero-order valence-corrected chi connectivity index (χ0v) is 21.0. The van der Waals surface area contributed by atoms with Crippen molar-refractivity contribution in [2.45, 2.75) is 26.4 Å². The zero-order chi connectivity index (χ0) is 26.4. The molecule has 1 aliphatic heterocycles. The molecule has 0 unspecified atom stereocenters. The molecule has 1 aliphatic rings. The fraction of sp³-hybridized carbons (Fsp3) is 0.167. The van der Waals surface area contributed by atoms with Gasteiger partial charge in [0.1, 0.15) is 22.8 Å². The van der Waals surface area contributed by atoms with Crippen LogP contribution in [0.25, 0.3) is 21.8 Å². The van der Waals surface area contributed by atoms with Crippen LogP contribution in [0, 0.1) is 0 Å². The number of rotatable bonds is 5. The van der Waals surface area contributed by atoms with E-state index < -0.39 is 0 Å². The van der Waals surface area contributed by atoms with Gasteiger partial charge in [0, 0.05) is 28.9 Å². The predicted molar refractivity (Wildman–Crippen MR) is 147 cm³/mol. The fourth-order valence-electron chi connectivity index (χ4n) is 4.97. The van der Waals surface area contributed by atoms with Crippen LogP contribution in [0.4, 0.5) is 11.4 Å². The van der Waals surface area contributed by atoms with Crippen molar-refractivity contribution in [2.24, 2.45) is 0 Å². The van der Waals surface area contributed by atoms with Gasteiger partial charge in [0.25, 0.3) is 11.8 Å². The second-order valence-corrected chi connectivity index (χ2v) is 9.64. The number of phenols is 1. The van der Waals surface area contributed by atoms with Gasteiger partial charge in [0.15, 0.2) is 0 Å². The highest BCUT2D eigenvalue weighted by Gasteiger charge is 2.29. The number of anilines is 2. The predicted octanol–water partition coefficient (Wildman–Crippen LogP) is 5.66. The molecule has 8 nitrogen and oxygen atoms in total. The van der Waals surface area contributed by atoms with Crippen molar-refractivity contribution in [1.29, 1.82) is 0 Å². The van der Waals surface area contributed by atoms with Crippen molar-refractivity contribution in [3.05, 3.63) is 89.7 Å². The summed E-state index contributed by atoms with van der Waals surface area (Å²) >= 11 is 0. The second kappa shape index (κ2) is 9.23. The molecule has 2 aromatic heterocycles. The number of amides is 2. The average Bonchev–Trinajstić information content (AvgIpc) is 3.53. The Morgan fingerprint density at radius 2 is 1.82 bits per heavy atom. The molecule has 0 saturated carbocycles. The van der Waals surface area contributed by atoms with Gasteiger partial charge in [-0.25, -0.2) is 4.98 Å². The Labute approximate surface area is 218 Å². The first-order valence-corrected chi connectivity index (χ1v) is 12.5. The topological polar surface area (TPSA) is 108 Å². The van der Waals surface area contributed by atoms with E-state index in [1.54, 1.807) is 53.6 Å². The summed E-state index contributed by atoms with van der Waals surface area (Å²) in [5.74, 6) is 0.383. The Balaban J connectivity index is 1.22. The summed E-state index contributed by atoms with van der Waals surface area (Å²) in [5, 5.41) is 15.9. The molecule has 5 aromatic rings. The number of benzene rings is 3. The van der Waals surface area contributed by atoms with Crippen LogP contribution in [-0.2, 0) is 6.42 Å². The molecule has 0 atom stereocenters. The highest BCUT2D eigenvalue weighted by molar-refractivity contribution is 6.11. The molecule has 0 spiro atoms. The van der Waals surface area contributed by atoms with Gasteiger partial charge in [-0.1, -0.05) is 24.3 Å². The number of aromatic nitrogens is 2. The van der Waals surface area contributed by atoms with Gasteiger partial charge in [-0.05, 0) is 67.6 Å². The van der Waals surface area contributed by atoms with Gasteiger partial charge in [-0.15, -0.1) is 0 Å². The van der Waals surface area contributed by atoms with Gasteiger partial charge >= 0.3 is 0 Å². The Morgan fingerprint density at radius 1 is 1.05 bits per heavy atom. The van der Waals surface area contributed by atoms with E-state index in [4.69, 9.17) is 4.74 Å². The first-order valence-electron chi connectivity index (χ1n) is 12.5. The molecule has 38 heavy (non-hydrogen) atoms. The quantitative estimate of drug-likeness (QED) is 0.285. The minimum absolute atomic E-state index is 0.0536. The monoisotopic (exact) mass is 506 g/mol. The number of fused-ring (bicyclic) bond motifs is 4. The number of aromatic amines is 1. The Bertz CT molecular complexity index is 1710. The summed E-state index contributed by atoms with van der Waals surface area (Å²) in [6, 6.07) is 19.8. The maximum absolute atomic E-state index is 13.5. The van der Waals surface area contributed by atoms with Crippen molar-refractivity contribution >= 4 is 45.0 Å². The fourth-order valence-corrected chi connectivity index (χ4v) is 4.97. The molecule has 0 aliphatic carbocycles. The number of hydrogen-bond acceptors (Lipinski definition) is 5. The molecule has 0 saturated heterocycles. The third kappa shape index (κ3) is 4.20. The average molecular weight is 507 g/mol. The van der Waals surface area contributed by atoms with Gasteiger partial charge in [-0.3, -0.25) is 9.59 Å². The summed E-state index contributed by atoms with van der Waals surface area (Å²) in [6.07, 6.45) is 2.32. The van der Waals surface area contributed by atoms with Crippen molar-refractivity contribution < 1.29 is 19.4 Å². The van der Waals surface area contributed by atoms with Crippen LogP contribution in [0.3, 0.4) is 0 Å². The number of carbonyl (C=O) groups excluding carboxylic acids is 2. The molecule has 190 valence electrons. The van der Waals surface area contributed by atoms with Crippen LogP contribution < -0.4 is 15.0 Å². The summed E-state index contributed by atoms with van der Waals surface area (Å²) in [4.78, 5) is 35.4. The van der Waals surface area contributed by atoms with Crippen LogP contribution in [0.1, 0.15) is 40.3 Å². The summed E-state index contributed by atoms with van der Waals surface area (Å²) in [7, 11) is 0. The number of nitrogens with one attached hydrogen (secondary N) is 2. The molecule has 3 heterocycles. The molecule has 0 fully saturated rings. The van der Waals surface area contributed by atoms with E-state index >= 15 is 0 Å². The Kier molecular flexibility index (Phi) is 5.72. The second-order valence-electron chi connectivity index (χ2n) is 9.64. The van der Waals surface area contributed by atoms with Crippen molar-refractivity contribution in [1.82, 2.24) is 9.97 Å². The number of hydrogen-bond donors (Lipinski definition) is 3. The van der Waals surface area contributed by atoms with E-state index in [2.05, 4.69) is 15.3 Å². The molecule has 0 bridgehead atoms. The lowest BCUT2D eigenvalue weighted by Gasteiger charge is -2.17. The van der Waals surface area contributed by atoms with E-state index in [0.717, 1.165) is 22.0 Å². The van der Waals surface area contributed by atoms with Crippen molar-refractivity contribution in [2.75, 3.05) is 16.8 Å². The highest BCUT2D eigenvalue weighted by Crippen LogP contribution is 2.40. The Hall–Kier alpha value is -4.85. The minimum Gasteiger partial charge on any atom is -0.507 e. The van der Waals surface area contributed by atoms with E-state index in [9.17, 15) is 14.7 Å². The maximum atomic E-state index is 13.5. The number of carbonyl (C=O) groups is 2. The van der Waals surface area contributed by atoms with Crippen LogP contribution in [0.15, 0.2) is 72.9 Å². The largest absolute Gasteiger partial charge is 0.507 e. The minimum atomic E-state index is -0.269. The lowest BCUT2D eigenvalue weighted by atomic mass is 10.0. The van der Waals surface area contributed by atoms with Gasteiger partial charge in [0.05, 0.1) is 23.7 Å². The highest BCUT2D eigenvalue weighted by atomic mass is 16.5. The summed E-state index contributed by atoms with van der Waals surface area (Å²) in [5.41, 5.74) is 3.71. The zero-order valence-electron chi connectivity index (χ0n) is 21.0. The van der Waals surface area contributed by atoms with E-state index in [-0.39, 0.29) is 23.7 Å². The van der Waals surface area contributed by atoms with E-state index in [0.29, 0.717) is 46.7 Å². The van der Waals surface area contributed by atoms with E-state index in [1.165, 1.54) is 0 Å². The van der Waals surface area contributed by atoms with Crippen molar-refractivity contribution in [3.63, 3.8) is 0 Å². The molecule has 6 rings (SSSR count). The van der Waals surface area contributed by atoms with Gasteiger partial charge < -0.3 is 25.0 Å². The molecule has 3 N–H and O–H groups in total. The van der Waals surface area contributed by atoms with Gasteiger partial charge in [-0.2, -0.15) is 0 Å². The number of pyridine rings is 1. The molecular weight excluding hydrogens is 480 g/mol. The first kappa shape index (κ1) is 23.5. The lowest BCUT2D eigenvalue weighted by Crippen LogP contribution is -2.29. The SMILES string of the molecule is CC(C)Oc1ccc(C(=O)Nc2cnc3[nH]c(C(=O)N4CCc5c4cc(O)c4ccccc54)cc3c2)cc1. The van der Waals surface area contributed by atoms with Crippen molar-refractivity contribution in [3.8, 4) is 11.5 Å². The number of nitrogens with zero attached hydrogens (tertiary/aromatic N) is 2. The molecular formula is C30H26N4O4. The molecule has 2 amide bonds. The number of H-pyrrole nitrogens is 1. The third-order valence-electron chi connectivity index (χ3n) is 6.68. The molecule has 3 aromatic carbocycles. The smallest absolute Gasteiger partial charge is 0.274 e. The summed E-state index contributed by atoms with van der Waals surface area (Å²) in [6.45, 7) is 4.41.